The molecule has 1 fully saturated rings. The third-order valence-electron chi connectivity index (χ3n) is 3.51. The SMILES string of the molecule is CCC(=O)N(c1ccc(C)cc1)[C@H]1CS(=O)(=O)C[C@@H]1O. The number of aryl methyl sites for hydroxylation is 1. The first-order valence-corrected chi connectivity index (χ1v) is 8.43. The number of nitrogens with zero attached hydrogens (tertiary/aromatic N) is 1. The van der Waals surface area contributed by atoms with Crippen LogP contribution in [-0.2, 0) is 14.6 Å². The Morgan fingerprint density at radius 1 is 1.30 bits per heavy atom. The summed E-state index contributed by atoms with van der Waals surface area (Å²) in [5.41, 5.74) is 1.68. The Labute approximate surface area is 119 Å². The third-order valence-corrected chi connectivity index (χ3v) is 5.21. The summed E-state index contributed by atoms with van der Waals surface area (Å²) in [6.07, 6.45) is -0.770. The van der Waals surface area contributed by atoms with Gasteiger partial charge in [0.1, 0.15) is 0 Å². The summed E-state index contributed by atoms with van der Waals surface area (Å²) in [7, 11) is -3.29. The molecule has 1 heterocycles. The maximum absolute atomic E-state index is 12.2. The minimum atomic E-state index is -3.29. The lowest BCUT2D eigenvalue weighted by molar-refractivity contribution is -0.119. The lowest BCUT2D eigenvalue weighted by atomic mass is 10.1. The van der Waals surface area contributed by atoms with Crippen molar-refractivity contribution in [2.75, 3.05) is 16.4 Å². The number of anilines is 1. The van der Waals surface area contributed by atoms with Gasteiger partial charge in [-0.25, -0.2) is 8.42 Å². The number of carbonyl (C=O) groups is 1. The van der Waals surface area contributed by atoms with E-state index < -0.39 is 22.0 Å². The molecule has 1 N–H and O–H groups in total. The Balaban J connectivity index is 2.38. The van der Waals surface area contributed by atoms with Crippen LogP contribution >= 0.6 is 0 Å². The first-order chi connectivity index (χ1) is 9.34. The van der Waals surface area contributed by atoms with Gasteiger partial charge in [-0.3, -0.25) is 4.79 Å². The molecule has 0 unspecified atom stereocenters. The van der Waals surface area contributed by atoms with Crippen molar-refractivity contribution in [2.45, 2.75) is 32.4 Å². The van der Waals surface area contributed by atoms with Gasteiger partial charge in [0.25, 0.3) is 0 Å². The second-order valence-electron chi connectivity index (χ2n) is 5.16. The van der Waals surface area contributed by atoms with E-state index in [1.165, 1.54) is 4.90 Å². The highest BCUT2D eigenvalue weighted by Crippen LogP contribution is 2.26. The van der Waals surface area contributed by atoms with Gasteiger partial charge in [0.2, 0.25) is 5.91 Å². The number of sulfone groups is 1. The van der Waals surface area contributed by atoms with Crippen molar-refractivity contribution in [1.29, 1.82) is 0 Å². The second kappa shape index (κ2) is 5.54. The summed E-state index contributed by atoms with van der Waals surface area (Å²) in [6, 6.07) is 6.58. The quantitative estimate of drug-likeness (QED) is 0.899. The first kappa shape index (κ1) is 15.0. The Morgan fingerprint density at radius 2 is 1.90 bits per heavy atom. The summed E-state index contributed by atoms with van der Waals surface area (Å²) >= 11 is 0. The third kappa shape index (κ3) is 3.02. The van der Waals surface area contributed by atoms with Crippen LogP contribution in [0, 0.1) is 6.92 Å². The van der Waals surface area contributed by atoms with E-state index in [0.29, 0.717) is 5.69 Å². The van der Waals surface area contributed by atoms with Crippen LogP contribution in [0.25, 0.3) is 0 Å². The van der Waals surface area contributed by atoms with Gasteiger partial charge in [-0.2, -0.15) is 0 Å². The maximum Gasteiger partial charge on any atom is 0.227 e. The fraction of sp³-hybridized carbons (Fsp3) is 0.500. The minimum Gasteiger partial charge on any atom is -0.390 e. The zero-order valence-electron chi connectivity index (χ0n) is 11.6. The number of hydrogen-bond acceptors (Lipinski definition) is 4. The van der Waals surface area contributed by atoms with E-state index in [0.717, 1.165) is 5.56 Å². The summed E-state index contributed by atoms with van der Waals surface area (Å²) in [6.45, 7) is 3.66. The zero-order valence-corrected chi connectivity index (χ0v) is 12.4. The average Bonchev–Trinajstić information content (AvgIpc) is 2.65. The molecule has 6 heteroatoms. The second-order valence-corrected chi connectivity index (χ2v) is 7.32. The standard InChI is InChI=1S/C14H19NO4S/c1-3-14(17)15(11-6-4-10(2)5-7-11)12-8-20(18,19)9-13(12)16/h4-7,12-13,16H,3,8-9H2,1-2H3/t12-,13-/m0/s1. The molecule has 0 aliphatic carbocycles. The van der Waals surface area contributed by atoms with Gasteiger partial charge < -0.3 is 10.0 Å². The molecular formula is C14H19NO4S. The molecule has 1 amide bonds. The highest BCUT2D eigenvalue weighted by atomic mass is 32.2. The molecule has 0 radical (unpaired) electrons. The number of carbonyl (C=O) groups excluding carboxylic acids is 1. The number of aliphatic hydroxyl groups is 1. The fourth-order valence-corrected chi connectivity index (χ4v) is 4.22. The molecule has 0 bridgehead atoms. The van der Waals surface area contributed by atoms with Gasteiger partial charge in [0.15, 0.2) is 9.84 Å². The number of rotatable bonds is 3. The van der Waals surface area contributed by atoms with E-state index in [4.69, 9.17) is 0 Å². The normalized spacial score (nSPS) is 24.6. The zero-order chi connectivity index (χ0) is 14.9. The number of benzene rings is 1. The molecule has 0 saturated carbocycles. The number of amides is 1. The van der Waals surface area contributed by atoms with E-state index in [2.05, 4.69) is 0 Å². The highest BCUT2D eigenvalue weighted by molar-refractivity contribution is 7.91. The molecule has 1 aromatic rings. The molecule has 0 spiro atoms. The molecule has 2 rings (SSSR count). The van der Waals surface area contributed by atoms with Crippen molar-refractivity contribution in [3.63, 3.8) is 0 Å². The number of hydrogen-bond donors (Lipinski definition) is 1. The molecule has 1 saturated heterocycles. The van der Waals surface area contributed by atoms with Crippen molar-refractivity contribution in [3.8, 4) is 0 Å². The summed E-state index contributed by atoms with van der Waals surface area (Å²) < 4.78 is 23.3. The summed E-state index contributed by atoms with van der Waals surface area (Å²) in [4.78, 5) is 13.6. The van der Waals surface area contributed by atoms with E-state index in [1.807, 2.05) is 19.1 Å². The van der Waals surface area contributed by atoms with Crippen LogP contribution in [0.1, 0.15) is 18.9 Å². The molecule has 110 valence electrons. The van der Waals surface area contributed by atoms with Crippen molar-refractivity contribution < 1.29 is 18.3 Å². The van der Waals surface area contributed by atoms with Crippen LogP contribution in [0.4, 0.5) is 5.69 Å². The van der Waals surface area contributed by atoms with Crippen LogP contribution < -0.4 is 4.90 Å². The van der Waals surface area contributed by atoms with Gasteiger partial charge in [-0.05, 0) is 19.1 Å². The predicted octanol–water partition coefficient (Wildman–Crippen LogP) is 0.896. The van der Waals surface area contributed by atoms with E-state index in [9.17, 15) is 18.3 Å². The smallest absolute Gasteiger partial charge is 0.227 e. The van der Waals surface area contributed by atoms with Gasteiger partial charge in [-0.15, -0.1) is 0 Å². The molecule has 0 aromatic heterocycles. The predicted molar refractivity (Wildman–Crippen MR) is 77.4 cm³/mol. The Hall–Kier alpha value is -1.40. The largest absolute Gasteiger partial charge is 0.390 e. The van der Waals surface area contributed by atoms with Crippen molar-refractivity contribution in [1.82, 2.24) is 0 Å². The molecule has 2 atom stereocenters. The Kier molecular flexibility index (Phi) is 4.15. The lowest BCUT2D eigenvalue weighted by Crippen LogP contribution is -2.46. The maximum atomic E-state index is 12.2. The van der Waals surface area contributed by atoms with Crippen LogP contribution in [0.2, 0.25) is 0 Å². The molecule has 1 aliphatic rings. The van der Waals surface area contributed by atoms with Gasteiger partial charge >= 0.3 is 0 Å². The summed E-state index contributed by atoms with van der Waals surface area (Å²) in [5.74, 6) is -0.653. The molecule has 1 aliphatic heterocycles. The lowest BCUT2D eigenvalue weighted by Gasteiger charge is -2.30. The topological polar surface area (TPSA) is 74.7 Å². The Morgan fingerprint density at radius 3 is 2.35 bits per heavy atom. The average molecular weight is 297 g/mol. The summed E-state index contributed by atoms with van der Waals surface area (Å²) in [5, 5.41) is 9.98. The minimum absolute atomic E-state index is 0.185. The molecule has 5 nitrogen and oxygen atoms in total. The first-order valence-electron chi connectivity index (χ1n) is 6.61. The van der Waals surface area contributed by atoms with E-state index >= 15 is 0 Å². The van der Waals surface area contributed by atoms with Crippen LogP contribution in [0.5, 0.6) is 0 Å². The Bertz CT molecular complexity index is 594. The number of aliphatic hydroxyl groups excluding tert-OH is 1. The van der Waals surface area contributed by atoms with Crippen molar-refractivity contribution >= 4 is 21.4 Å². The highest BCUT2D eigenvalue weighted by Gasteiger charge is 2.42. The van der Waals surface area contributed by atoms with Crippen molar-refractivity contribution in [2.24, 2.45) is 0 Å². The monoisotopic (exact) mass is 297 g/mol. The van der Waals surface area contributed by atoms with Gasteiger partial charge in [-0.1, -0.05) is 24.6 Å². The van der Waals surface area contributed by atoms with E-state index in [1.54, 1.807) is 19.1 Å². The van der Waals surface area contributed by atoms with Crippen LogP contribution in [0.15, 0.2) is 24.3 Å². The molecule has 20 heavy (non-hydrogen) atoms. The van der Waals surface area contributed by atoms with Gasteiger partial charge in [0, 0.05) is 12.1 Å². The fourth-order valence-electron chi connectivity index (χ4n) is 2.45. The molecular weight excluding hydrogens is 278 g/mol. The molecule has 1 aromatic carbocycles. The van der Waals surface area contributed by atoms with Crippen LogP contribution in [-0.4, -0.2) is 43.1 Å². The van der Waals surface area contributed by atoms with Crippen LogP contribution in [0.3, 0.4) is 0 Å². The van der Waals surface area contributed by atoms with Gasteiger partial charge in [0.05, 0.1) is 23.7 Å². The van der Waals surface area contributed by atoms with E-state index in [-0.39, 0.29) is 23.8 Å². The van der Waals surface area contributed by atoms with Crippen molar-refractivity contribution in [3.05, 3.63) is 29.8 Å².